The minimum absolute atomic E-state index is 0.0752. The number of carbonyl (C=O) groups is 3. The van der Waals surface area contributed by atoms with Crippen molar-refractivity contribution >= 4 is 40.9 Å². The molecule has 0 aliphatic heterocycles. The van der Waals surface area contributed by atoms with Crippen LogP contribution in [0.5, 0.6) is 0 Å². The molecule has 1 atom stereocenters. The zero-order valence-electron chi connectivity index (χ0n) is 23.2. The van der Waals surface area contributed by atoms with E-state index in [0.29, 0.717) is 47.8 Å². The maximum Gasteiger partial charge on any atom is 0.338 e. The van der Waals surface area contributed by atoms with E-state index in [1.807, 2.05) is 6.07 Å². The van der Waals surface area contributed by atoms with Gasteiger partial charge in [0, 0.05) is 12.8 Å². The molecule has 0 fully saturated rings. The van der Waals surface area contributed by atoms with Gasteiger partial charge in [-0.2, -0.15) is 4.98 Å². The van der Waals surface area contributed by atoms with Crippen LogP contribution in [0.2, 0.25) is 10.0 Å². The van der Waals surface area contributed by atoms with Gasteiger partial charge in [0.25, 0.3) is 0 Å². The van der Waals surface area contributed by atoms with E-state index in [2.05, 4.69) is 22.4 Å². The number of benzene rings is 2. The Morgan fingerprint density at radius 3 is 2.46 bits per heavy atom. The third-order valence-electron chi connectivity index (χ3n) is 6.45. The number of aromatic nitrogens is 2. The van der Waals surface area contributed by atoms with Gasteiger partial charge in [-0.25, -0.2) is 4.79 Å². The zero-order chi connectivity index (χ0) is 29.6. The Labute approximate surface area is 250 Å². The van der Waals surface area contributed by atoms with Gasteiger partial charge in [-0.1, -0.05) is 66.3 Å². The van der Waals surface area contributed by atoms with E-state index >= 15 is 0 Å². The van der Waals surface area contributed by atoms with Crippen LogP contribution in [0.15, 0.2) is 47.0 Å². The number of unbranched alkanes of at least 4 members (excludes halogenated alkanes) is 3. The smallest absolute Gasteiger partial charge is 0.338 e. The topological polar surface area (TPSA) is 137 Å². The molecule has 0 bridgehead atoms. The average molecular weight is 604 g/mol. The first-order valence-corrected chi connectivity index (χ1v) is 14.6. The van der Waals surface area contributed by atoms with Crippen molar-refractivity contribution < 1.29 is 23.6 Å². The second-order valence-corrected chi connectivity index (χ2v) is 10.6. The highest BCUT2D eigenvalue weighted by atomic mass is 35.5. The number of ether oxygens (including phenoxy) is 1. The Kier molecular flexibility index (Phi) is 13.3. The van der Waals surface area contributed by atoms with E-state index in [9.17, 15) is 14.4 Å². The number of hydrogen-bond donors (Lipinski definition) is 2. The number of ketones is 1. The van der Waals surface area contributed by atoms with Gasteiger partial charge in [0.05, 0.1) is 34.7 Å². The molecule has 0 radical (unpaired) electrons. The standard InChI is InChI=1S/C30H36Cl2N4O5/c1-2-3-4-8-26(37)34-25(7-5-6-16-33)28(38)29-35-27(41-36-29)19-20-9-12-22(13-10-20)30(39)40-17-15-21-11-14-23(31)24(32)18-21/h9-14,18,25H,2-8,15-17,19,33H2,1H3,(H,34,37). The number of hydrogen-bond acceptors (Lipinski definition) is 8. The summed E-state index contributed by atoms with van der Waals surface area (Å²) in [5.74, 6) is -0.824. The van der Waals surface area contributed by atoms with Gasteiger partial charge in [-0.3, -0.25) is 9.59 Å². The molecule has 0 aliphatic rings. The maximum absolute atomic E-state index is 13.1. The summed E-state index contributed by atoms with van der Waals surface area (Å²) in [4.78, 5) is 42.2. The van der Waals surface area contributed by atoms with Crippen molar-refractivity contribution in [3.05, 3.63) is 80.9 Å². The van der Waals surface area contributed by atoms with Gasteiger partial charge in [0.2, 0.25) is 23.4 Å². The highest BCUT2D eigenvalue weighted by molar-refractivity contribution is 6.42. The number of esters is 1. The molecule has 1 aromatic heterocycles. The van der Waals surface area contributed by atoms with Crippen LogP contribution in [-0.4, -0.2) is 47.0 Å². The first-order chi connectivity index (χ1) is 19.8. The van der Waals surface area contributed by atoms with Gasteiger partial charge in [-0.15, -0.1) is 0 Å². The van der Waals surface area contributed by atoms with Crippen molar-refractivity contribution in [2.24, 2.45) is 5.73 Å². The van der Waals surface area contributed by atoms with Gasteiger partial charge in [0.1, 0.15) is 0 Å². The van der Waals surface area contributed by atoms with Crippen LogP contribution in [-0.2, 0) is 22.4 Å². The number of nitrogens with zero attached hydrogens (tertiary/aromatic N) is 2. The van der Waals surface area contributed by atoms with E-state index in [4.69, 9.17) is 38.2 Å². The van der Waals surface area contributed by atoms with Crippen LogP contribution < -0.4 is 11.1 Å². The van der Waals surface area contributed by atoms with E-state index in [1.54, 1.807) is 36.4 Å². The minimum Gasteiger partial charge on any atom is -0.462 e. The quantitative estimate of drug-likeness (QED) is 0.113. The largest absolute Gasteiger partial charge is 0.462 e. The molecule has 1 amide bonds. The van der Waals surface area contributed by atoms with Gasteiger partial charge >= 0.3 is 5.97 Å². The Morgan fingerprint density at radius 1 is 1.00 bits per heavy atom. The summed E-state index contributed by atoms with van der Waals surface area (Å²) in [6.07, 6.45) is 5.76. The van der Waals surface area contributed by atoms with E-state index in [-0.39, 0.29) is 36.4 Å². The molecule has 220 valence electrons. The SMILES string of the molecule is CCCCCC(=O)NC(CCCCN)C(=O)c1noc(Cc2ccc(C(=O)OCCc3ccc(Cl)c(Cl)c3)cc2)n1. The van der Waals surface area contributed by atoms with E-state index < -0.39 is 12.0 Å². The summed E-state index contributed by atoms with van der Waals surface area (Å²) in [5, 5.41) is 7.62. The molecule has 9 nitrogen and oxygen atoms in total. The number of amides is 1. The lowest BCUT2D eigenvalue weighted by atomic mass is 10.0. The molecule has 0 spiro atoms. The van der Waals surface area contributed by atoms with Crippen LogP contribution in [0.3, 0.4) is 0 Å². The molecule has 3 N–H and O–H groups in total. The molecule has 2 aromatic carbocycles. The second-order valence-electron chi connectivity index (χ2n) is 9.75. The van der Waals surface area contributed by atoms with Crippen molar-refractivity contribution in [2.75, 3.05) is 13.2 Å². The van der Waals surface area contributed by atoms with Crippen LogP contribution in [0.4, 0.5) is 0 Å². The third-order valence-corrected chi connectivity index (χ3v) is 7.19. The normalized spacial score (nSPS) is 11.7. The fourth-order valence-corrected chi connectivity index (χ4v) is 4.44. The lowest BCUT2D eigenvalue weighted by molar-refractivity contribution is -0.121. The number of nitrogens with two attached hydrogens (primary N) is 1. The Balaban J connectivity index is 1.54. The van der Waals surface area contributed by atoms with Crippen molar-refractivity contribution in [1.29, 1.82) is 0 Å². The molecule has 11 heteroatoms. The van der Waals surface area contributed by atoms with Crippen molar-refractivity contribution in [1.82, 2.24) is 15.5 Å². The lowest BCUT2D eigenvalue weighted by Gasteiger charge is -2.16. The molecular weight excluding hydrogens is 567 g/mol. The van der Waals surface area contributed by atoms with Crippen LogP contribution in [0.1, 0.15) is 89.9 Å². The summed E-state index contributed by atoms with van der Waals surface area (Å²) >= 11 is 12.0. The molecule has 0 saturated heterocycles. The van der Waals surface area contributed by atoms with Gasteiger partial charge in [0.15, 0.2) is 0 Å². The van der Waals surface area contributed by atoms with Crippen LogP contribution >= 0.6 is 23.2 Å². The lowest BCUT2D eigenvalue weighted by Crippen LogP contribution is -2.41. The summed E-state index contributed by atoms with van der Waals surface area (Å²) in [7, 11) is 0. The zero-order valence-corrected chi connectivity index (χ0v) is 24.7. The summed E-state index contributed by atoms with van der Waals surface area (Å²) in [5.41, 5.74) is 7.72. The number of nitrogens with one attached hydrogen (secondary N) is 1. The molecule has 1 heterocycles. The molecule has 3 aromatic rings. The molecule has 0 saturated carbocycles. The highest BCUT2D eigenvalue weighted by Gasteiger charge is 2.26. The predicted octanol–water partition coefficient (Wildman–Crippen LogP) is 5.74. The second kappa shape index (κ2) is 16.9. The van der Waals surface area contributed by atoms with Crippen molar-refractivity contribution in [3.63, 3.8) is 0 Å². The highest BCUT2D eigenvalue weighted by Crippen LogP contribution is 2.23. The number of rotatable bonds is 17. The number of carbonyl (C=O) groups excluding carboxylic acids is 3. The van der Waals surface area contributed by atoms with Gasteiger partial charge in [-0.05, 0) is 67.6 Å². The van der Waals surface area contributed by atoms with Gasteiger partial charge < -0.3 is 20.3 Å². The predicted molar refractivity (Wildman–Crippen MR) is 157 cm³/mol. The van der Waals surface area contributed by atoms with Crippen LogP contribution in [0.25, 0.3) is 0 Å². The van der Waals surface area contributed by atoms with Crippen LogP contribution in [0, 0.1) is 0 Å². The summed E-state index contributed by atoms with van der Waals surface area (Å²) < 4.78 is 10.7. The van der Waals surface area contributed by atoms with E-state index in [0.717, 1.165) is 36.8 Å². The number of Topliss-reactive ketones (excluding diaryl/α,β-unsaturated/α-hetero) is 1. The maximum atomic E-state index is 13.1. The minimum atomic E-state index is -0.733. The summed E-state index contributed by atoms with van der Waals surface area (Å²) in [6.45, 7) is 2.77. The molecule has 41 heavy (non-hydrogen) atoms. The molecular formula is C30H36Cl2N4O5. The van der Waals surface area contributed by atoms with E-state index in [1.165, 1.54) is 0 Å². The fourth-order valence-electron chi connectivity index (χ4n) is 4.12. The monoisotopic (exact) mass is 602 g/mol. The number of halogens is 2. The van der Waals surface area contributed by atoms with Crippen molar-refractivity contribution in [3.8, 4) is 0 Å². The fraction of sp³-hybridized carbons (Fsp3) is 0.433. The molecule has 1 unspecified atom stereocenters. The average Bonchev–Trinajstić information content (AvgIpc) is 3.43. The molecule has 3 rings (SSSR count). The molecule has 0 aliphatic carbocycles. The first-order valence-electron chi connectivity index (χ1n) is 13.9. The van der Waals surface area contributed by atoms with Crippen molar-refractivity contribution in [2.45, 2.75) is 70.8 Å². The Morgan fingerprint density at radius 2 is 1.76 bits per heavy atom. The summed E-state index contributed by atoms with van der Waals surface area (Å²) in [6, 6.07) is 11.4. The Hall–Kier alpha value is -3.27. The third kappa shape index (κ3) is 10.6. The first kappa shape index (κ1) is 32.2. The Bertz CT molecular complexity index is 1300.